The summed E-state index contributed by atoms with van der Waals surface area (Å²) in [5.74, 6) is 0.0468. The Morgan fingerprint density at radius 1 is 1.12 bits per heavy atom. The van der Waals surface area contributed by atoms with Crippen molar-refractivity contribution < 1.29 is 19.1 Å². The number of nitrogens with one attached hydrogen (secondary N) is 1. The lowest BCUT2D eigenvalue weighted by Gasteiger charge is -2.38. The molecule has 0 spiro atoms. The fourth-order valence-corrected chi connectivity index (χ4v) is 4.35. The standard InChI is InChI=1S/C25H45N3O4/c1-10-19-12-13-20(27(8)15-19)23(29)26-22(17(5)6)24(30)28(9)21(16(3)4)14-18(7)25(31)32-11-2/h14,16-17,19-22H,10-13,15H2,1-9H3,(H,26,29)/t19-,20-,21+,22-/m0/s1. The molecule has 0 radical (unpaired) electrons. The second-order valence-electron chi connectivity index (χ2n) is 9.79. The summed E-state index contributed by atoms with van der Waals surface area (Å²) in [4.78, 5) is 42.4. The fraction of sp³-hybridized carbons (Fsp3) is 0.800. The van der Waals surface area contributed by atoms with Crippen LogP contribution in [0.3, 0.4) is 0 Å². The van der Waals surface area contributed by atoms with E-state index in [1.165, 1.54) is 0 Å². The highest BCUT2D eigenvalue weighted by Crippen LogP contribution is 2.24. The van der Waals surface area contributed by atoms with Crippen LogP contribution < -0.4 is 5.32 Å². The average Bonchev–Trinajstić information content (AvgIpc) is 2.73. The molecule has 7 nitrogen and oxygen atoms in total. The predicted octanol–water partition coefficient (Wildman–Crippen LogP) is 3.24. The van der Waals surface area contributed by atoms with E-state index in [1.54, 1.807) is 31.9 Å². The van der Waals surface area contributed by atoms with Crippen LogP contribution in [-0.2, 0) is 19.1 Å². The molecule has 0 aromatic heterocycles. The maximum absolute atomic E-state index is 13.5. The van der Waals surface area contributed by atoms with Gasteiger partial charge in [-0.15, -0.1) is 0 Å². The van der Waals surface area contributed by atoms with E-state index in [1.807, 2.05) is 34.7 Å². The smallest absolute Gasteiger partial charge is 0.333 e. The molecule has 1 fully saturated rings. The third kappa shape index (κ3) is 7.61. The summed E-state index contributed by atoms with van der Waals surface area (Å²) in [6, 6.07) is -1.11. The molecule has 184 valence electrons. The number of likely N-dealkylation sites (tertiary alicyclic amines) is 1. The third-order valence-corrected chi connectivity index (χ3v) is 6.53. The molecule has 0 saturated carbocycles. The molecule has 0 unspecified atom stereocenters. The van der Waals surface area contributed by atoms with Gasteiger partial charge in [-0.3, -0.25) is 14.5 Å². The molecule has 0 aromatic carbocycles. The van der Waals surface area contributed by atoms with Crippen molar-refractivity contribution in [3.05, 3.63) is 11.6 Å². The van der Waals surface area contributed by atoms with E-state index in [0.717, 1.165) is 25.8 Å². The Labute approximate surface area is 194 Å². The van der Waals surface area contributed by atoms with E-state index in [9.17, 15) is 14.4 Å². The molecule has 0 bridgehead atoms. The van der Waals surface area contributed by atoms with Crippen LogP contribution in [0, 0.1) is 17.8 Å². The molecule has 4 atom stereocenters. The lowest BCUT2D eigenvalue weighted by molar-refractivity contribution is -0.140. The van der Waals surface area contributed by atoms with Crippen LogP contribution >= 0.6 is 0 Å². The van der Waals surface area contributed by atoms with Gasteiger partial charge in [0, 0.05) is 19.2 Å². The van der Waals surface area contributed by atoms with Gasteiger partial charge in [-0.05, 0) is 51.5 Å². The van der Waals surface area contributed by atoms with Crippen LogP contribution in [0.1, 0.15) is 67.7 Å². The van der Waals surface area contributed by atoms with Crippen LogP contribution in [0.4, 0.5) is 0 Å². The summed E-state index contributed by atoms with van der Waals surface area (Å²) in [6.07, 6.45) is 4.75. The van der Waals surface area contributed by atoms with Crippen LogP contribution in [0.2, 0.25) is 0 Å². The number of piperidine rings is 1. The van der Waals surface area contributed by atoms with E-state index in [-0.39, 0.29) is 41.7 Å². The first-order chi connectivity index (χ1) is 14.9. The minimum absolute atomic E-state index is 0.0610. The highest BCUT2D eigenvalue weighted by Gasteiger charge is 2.35. The molecule has 32 heavy (non-hydrogen) atoms. The first kappa shape index (κ1) is 28.1. The fourth-order valence-electron chi connectivity index (χ4n) is 4.35. The van der Waals surface area contributed by atoms with Gasteiger partial charge in [0.25, 0.3) is 0 Å². The molecule has 2 amide bonds. The zero-order valence-electron chi connectivity index (χ0n) is 21.6. The summed E-state index contributed by atoms with van der Waals surface area (Å²) in [6.45, 7) is 14.8. The van der Waals surface area contributed by atoms with Gasteiger partial charge in [-0.1, -0.05) is 47.1 Å². The lowest BCUT2D eigenvalue weighted by atomic mass is 9.90. The van der Waals surface area contributed by atoms with Gasteiger partial charge in [0.15, 0.2) is 0 Å². The Kier molecular flexibility index (Phi) is 11.4. The minimum atomic E-state index is -0.623. The van der Waals surface area contributed by atoms with Crippen molar-refractivity contribution in [2.75, 3.05) is 27.2 Å². The van der Waals surface area contributed by atoms with E-state index in [4.69, 9.17) is 4.74 Å². The first-order valence-corrected chi connectivity index (χ1v) is 12.1. The molecule has 1 N–H and O–H groups in total. The lowest BCUT2D eigenvalue weighted by Crippen LogP contribution is -2.58. The zero-order valence-corrected chi connectivity index (χ0v) is 21.6. The highest BCUT2D eigenvalue weighted by atomic mass is 16.5. The van der Waals surface area contributed by atoms with Crippen molar-refractivity contribution in [3.63, 3.8) is 0 Å². The number of hydrogen-bond acceptors (Lipinski definition) is 5. The molecule has 1 aliphatic rings. The van der Waals surface area contributed by atoms with E-state index >= 15 is 0 Å². The number of carbonyl (C=O) groups excluding carboxylic acids is 3. The molecular weight excluding hydrogens is 406 g/mol. The second-order valence-corrected chi connectivity index (χ2v) is 9.79. The van der Waals surface area contributed by atoms with Crippen molar-refractivity contribution in [2.45, 2.75) is 85.9 Å². The first-order valence-electron chi connectivity index (χ1n) is 12.1. The topological polar surface area (TPSA) is 79.0 Å². The second kappa shape index (κ2) is 13.0. The molecule has 1 aliphatic heterocycles. The summed E-state index contributed by atoms with van der Waals surface area (Å²) in [7, 11) is 3.73. The SMILES string of the molecule is CCOC(=O)C(C)=C[C@H](C(C)C)N(C)C(=O)[C@@H](NC(=O)[C@@H]1CC[C@H](CC)CN1C)C(C)C. The molecule has 1 saturated heterocycles. The number of likely N-dealkylation sites (N-methyl/N-ethyl adjacent to an activating group) is 2. The largest absolute Gasteiger partial charge is 0.463 e. The maximum Gasteiger partial charge on any atom is 0.333 e. The molecule has 0 aliphatic carbocycles. The van der Waals surface area contributed by atoms with E-state index < -0.39 is 6.04 Å². The molecule has 1 heterocycles. The van der Waals surface area contributed by atoms with Gasteiger partial charge >= 0.3 is 5.97 Å². The van der Waals surface area contributed by atoms with Crippen molar-refractivity contribution in [1.82, 2.24) is 15.1 Å². The number of hydrogen-bond donors (Lipinski definition) is 1. The quantitative estimate of drug-likeness (QED) is 0.407. The van der Waals surface area contributed by atoms with Crippen molar-refractivity contribution in [3.8, 4) is 0 Å². The number of amides is 2. The normalized spacial score (nSPS) is 21.9. The number of carbonyl (C=O) groups is 3. The number of ether oxygens (including phenoxy) is 1. The van der Waals surface area contributed by atoms with Crippen LogP contribution in [0.15, 0.2) is 11.6 Å². The van der Waals surface area contributed by atoms with Crippen molar-refractivity contribution in [2.24, 2.45) is 17.8 Å². The Balaban J connectivity index is 2.99. The zero-order chi connectivity index (χ0) is 24.6. The van der Waals surface area contributed by atoms with Gasteiger partial charge in [0.1, 0.15) is 6.04 Å². The van der Waals surface area contributed by atoms with E-state index in [2.05, 4.69) is 17.1 Å². The van der Waals surface area contributed by atoms with Gasteiger partial charge < -0.3 is 15.0 Å². The average molecular weight is 452 g/mol. The number of rotatable bonds is 10. The molecular formula is C25H45N3O4. The monoisotopic (exact) mass is 451 g/mol. The van der Waals surface area contributed by atoms with Gasteiger partial charge in [0.2, 0.25) is 11.8 Å². The summed E-state index contributed by atoms with van der Waals surface area (Å²) in [5.41, 5.74) is 0.477. The van der Waals surface area contributed by atoms with Crippen molar-refractivity contribution in [1.29, 1.82) is 0 Å². The summed E-state index contributed by atoms with van der Waals surface area (Å²) >= 11 is 0. The third-order valence-electron chi connectivity index (χ3n) is 6.53. The maximum atomic E-state index is 13.5. The molecule has 0 aromatic rings. The summed E-state index contributed by atoms with van der Waals surface area (Å²) in [5, 5.41) is 3.04. The Bertz CT molecular complexity index is 674. The Hall–Kier alpha value is -1.89. The number of esters is 1. The highest BCUT2D eigenvalue weighted by molar-refractivity contribution is 5.91. The summed E-state index contributed by atoms with van der Waals surface area (Å²) < 4.78 is 5.08. The van der Waals surface area contributed by atoms with Gasteiger partial charge in [0.05, 0.1) is 18.7 Å². The molecule has 1 rings (SSSR count). The van der Waals surface area contributed by atoms with Crippen molar-refractivity contribution >= 4 is 17.8 Å². The number of nitrogens with zero attached hydrogens (tertiary/aromatic N) is 2. The molecule has 7 heteroatoms. The predicted molar refractivity (Wildman–Crippen MR) is 128 cm³/mol. The van der Waals surface area contributed by atoms with Crippen LogP contribution in [0.25, 0.3) is 0 Å². The van der Waals surface area contributed by atoms with Gasteiger partial charge in [-0.2, -0.15) is 0 Å². The minimum Gasteiger partial charge on any atom is -0.463 e. The van der Waals surface area contributed by atoms with Crippen LogP contribution in [0.5, 0.6) is 0 Å². The Morgan fingerprint density at radius 2 is 1.75 bits per heavy atom. The van der Waals surface area contributed by atoms with Gasteiger partial charge in [-0.25, -0.2) is 4.79 Å². The Morgan fingerprint density at radius 3 is 2.22 bits per heavy atom. The van der Waals surface area contributed by atoms with Crippen LogP contribution in [-0.4, -0.2) is 73.0 Å². The van der Waals surface area contributed by atoms with E-state index in [0.29, 0.717) is 18.1 Å².